The number of hydrogen-bond acceptors (Lipinski definition) is 6. The molecule has 2 saturated heterocycles. The minimum atomic E-state index is -3.31. The first kappa shape index (κ1) is 18.9. The van der Waals surface area contributed by atoms with Gasteiger partial charge in [0.25, 0.3) is 5.91 Å². The molecule has 2 aliphatic rings. The predicted molar refractivity (Wildman–Crippen MR) is 94.4 cm³/mol. The summed E-state index contributed by atoms with van der Waals surface area (Å²) in [6.45, 7) is 8.08. The standard InChI is InChI=1S/C17H25N3O5S/c1-10(2)12-7-15(25-18-12)17(22)20-6-5-19(16(21)11(3)4)13-8-26(23,24)9-14(13)20/h7,10-11,13-14H,5-6,8-9H2,1-4H3/t13-,14+/m1/s1. The van der Waals surface area contributed by atoms with E-state index in [0.717, 1.165) is 0 Å². The summed E-state index contributed by atoms with van der Waals surface area (Å²) in [4.78, 5) is 28.5. The Kier molecular flexibility index (Phi) is 4.85. The SMILES string of the molecule is CC(C)C(=O)N1CCN(C(=O)c2cc(C(C)C)no2)[C@H]2CS(=O)(=O)C[C@H]21. The third-order valence-corrected chi connectivity index (χ3v) is 6.74. The van der Waals surface area contributed by atoms with Gasteiger partial charge in [0, 0.05) is 25.1 Å². The van der Waals surface area contributed by atoms with Gasteiger partial charge < -0.3 is 14.3 Å². The van der Waals surface area contributed by atoms with Gasteiger partial charge in [0.2, 0.25) is 11.7 Å². The second kappa shape index (κ2) is 6.68. The van der Waals surface area contributed by atoms with Crippen LogP contribution < -0.4 is 0 Å². The number of piperazine rings is 1. The number of hydrogen-bond donors (Lipinski definition) is 0. The second-order valence-electron chi connectivity index (χ2n) is 7.67. The molecular formula is C17H25N3O5S. The summed E-state index contributed by atoms with van der Waals surface area (Å²) >= 11 is 0. The van der Waals surface area contributed by atoms with E-state index in [4.69, 9.17) is 4.52 Å². The van der Waals surface area contributed by atoms with Crippen molar-refractivity contribution in [3.05, 3.63) is 17.5 Å². The lowest BCUT2D eigenvalue weighted by Gasteiger charge is -2.44. The highest BCUT2D eigenvalue weighted by Gasteiger charge is 2.50. The number of carbonyl (C=O) groups excluding carboxylic acids is 2. The zero-order chi connectivity index (χ0) is 19.2. The van der Waals surface area contributed by atoms with Gasteiger partial charge in [-0.15, -0.1) is 0 Å². The second-order valence-corrected chi connectivity index (χ2v) is 9.82. The van der Waals surface area contributed by atoms with Crippen LogP contribution in [0.25, 0.3) is 0 Å². The highest BCUT2D eigenvalue weighted by atomic mass is 32.2. The third-order valence-electron chi connectivity index (χ3n) is 5.04. The molecule has 0 radical (unpaired) electrons. The van der Waals surface area contributed by atoms with Gasteiger partial charge in [0.15, 0.2) is 9.84 Å². The van der Waals surface area contributed by atoms with Crippen molar-refractivity contribution in [2.45, 2.75) is 45.7 Å². The van der Waals surface area contributed by atoms with Gasteiger partial charge >= 0.3 is 0 Å². The summed E-state index contributed by atoms with van der Waals surface area (Å²) in [6.07, 6.45) is 0. The zero-order valence-electron chi connectivity index (χ0n) is 15.5. The molecule has 2 aliphatic heterocycles. The van der Waals surface area contributed by atoms with Crippen LogP contribution in [0.3, 0.4) is 0 Å². The van der Waals surface area contributed by atoms with E-state index in [9.17, 15) is 18.0 Å². The van der Waals surface area contributed by atoms with Crippen LogP contribution in [-0.2, 0) is 14.6 Å². The molecule has 0 saturated carbocycles. The number of carbonyl (C=O) groups is 2. The van der Waals surface area contributed by atoms with E-state index < -0.39 is 21.9 Å². The Bertz CT molecular complexity index is 814. The fourth-order valence-electron chi connectivity index (χ4n) is 3.61. The first-order chi connectivity index (χ1) is 12.1. The molecule has 0 N–H and O–H groups in total. The van der Waals surface area contributed by atoms with E-state index in [0.29, 0.717) is 12.2 Å². The molecule has 0 bridgehead atoms. The maximum absolute atomic E-state index is 12.9. The van der Waals surface area contributed by atoms with Gasteiger partial charge in [-0.1, -0.05) is 32.9 Å². The van der Waals surface area contributed by atoms with Crippen molar-refractivity contribution in [2.24, 2.45) is 5.92 Å². The lowest BCUT2D eigenvalue weighted by atomic mass is 10.0. The van der Waals surface area contributed by atoms with Crippen LogP contribution in [0.2, 0.25) is 0 Å². The molecule has 3 heterocycles. The summed E-state index contributed by atoms with van der Waals surface area (Å²) in [5, 5.41) is 3.91. The van der Waals surface area contributed by atoms with Gasteiger partial charge in [-0.2, -0.15) is 0 Å². The molecule has 8 nitrogen and oxygen atoms in total. The predicted octanol–water partition coefficient (Wildman–Crippen LogP) is 0.904. The van der Waals surface area contributed by atoms with E-state index >= 15 is 0 Å². The Morgan fingerprint density at radius 3 is 2.23 bits per heavy atom. The summed E-state index contributed by atoms with van der Waals surface area (Å²) < 4.78 is 29.6. The van der Waals surface area contributed by atoms with Crippen LogP contribution in [-0.4, -0.2) is 71.9 Å². The smallest absolute Gasteiger partial charge is 0.292 e. The van der Waals surface area contributed by atoms with Crippen molar-refractivity contribution in [3.8, 4) is 0 Å². The number of sulfone groups is 1. The van der Waals surface area contributed by atoms with E-state index in [1.54, 1.807) is 24.8 Å². The average Bonchev–Trinajstić information content (AvgIpc) is 3.15. The quantitative estimate of drug-likeness (QED) is 0.769. The van der Waals surface area contributed by atoms with Crippen molar-refractivity contribution >= 4 is 21.7 Å². The number of amides is 2. The maximum atomic E-state index is 12.9. The molecular weight excluding hydrogens is 358 g/mol. The first-order valence-corrected chi connectivity index (χ1v) is 10.7. The van der Waals surface area contributed by atoms with Gasteiger partial charge in [0.05, 0.1) is 29.3 Å². The normalized spacial score (nSPS) is 25.0. The number of aromatic nitrogens is 1. The van der Waals surface area contributed by atoms with Crippen molar-refractivity contribution in [2.75, 3.05) is 24.6 Å². The summed E-state index contributed by atoms with van der Waals surface area (Å²) in [5.74, 6) is -0.659. The molecule has 2 fully saturated rings. The average molecular weight is 383 g/mol. The van der Waals surface area contributed by atoms with E-state index in [2.05, 4.69) is 5.16 Å². The molecule has 0 aliphatic carbocycles. The lowest BCUT2D eigenvalue weighted by Crippen LogP contribution is -2.62. The number of fused-ring (bicyclic) bond motifs is 1. The summed E-state index contributed by atoms with van der Waals surface area (Å²) in [6, 6.07) is 0.563. The Morgan fingerprint density at radius 1 is 1.12 bits per heavy atom. The van der Waals surface area contributed by atoms with Crippen LogP contribution in [0.5, 0.6) is 0 Å². The minimum Gasteiger partial charge on any atom is -0.351 e. The molecule has 9 heteroatoms. The molecule has 26 heavy (non-hydrogen) atoms. The Balaban J connectivity index is 1.87. The highest BCUT2D eigenvalue weighted by Crippen LogP contribution is 2.29. The van der Waals surface area contributed by atoms with E-state index in [1.165, 1.54) is 4.90 Å². The monoisotopic (exact) mass is 383 g/mol. The fraction of sp³-hybridized carbons (Fsp3) is 0.706. The molecule has 2 amide bonds. The molecule has 1 aromatic rings. The number of nitrogens with zero attached hydrogens (tertiary/aromatic N) is 3. The Hall–Kier alpha value is -1.90. The first-order valence-electron chi connectivity index (χ1n) is 8.89. The fourth-order valence-corrected chi connectivity index (χ4v) is 5.59. The van der Waals surface area contributed by atoms with Crippen molar-refractivity contribution in [1.82, 2.24) is 15.0 Å². The minimum absolute atomic E-state index is 0.0778. The lowest BCUT2D eigenvalue weighted by molar-refractivity contribution is -0.139. The topological polar surface area (TPSA) is 101 Å². The number of rotatable bonds is 3. The zero-order valence-corrected chi connectivity index (χ0v) is 16.3. The van der Waals surface area contributed by atoms with Crippen molar-refractivity contribution in [1.29, 1.82) is 0 Å². The van der Waals surface area contributed by atoms with Gasteiger partial charge in [0.1, 0.15) is 0 Å². The van der Waals surface area contributed by atoms with Crippen molar-refractivity contribution < 1.29 is 22.5 Å². The largest absolute Gasteiger partial charge is 0.351 e. The maximum Gasteiger partial charge on any atom is 0.292 e. The third kappa shape index (κ3) is 3.36. The molecule has 144 valence electrons. The van der Waals surface area contributed by atoms with Crippen LogP contribution in [0.1, 0.15) is 49.9 Å². The van der Waals surface area contributed by atoms with Gasteiger partial charge in [-0.05, 0) is 5.92 Å². The summed E-state index contributed by atoms with van der Waals surface area (Å²) in [5.41, 5.74) is 0.678. The van der Waals surface area contributed by atoms with Crippen molar-refractivity contribution in [3.63, 3.8) is 0 Å². The molecule has 3 rings (SSSR count). The Labute approximate surface area is 153 Å². The van der Waals surface area contributed by atoms with Gasteiger partial charge in [-0.25, -0.2) is 8.42 Å². The van der Waals surface area contributed by atoms with Gasteiger partial charge in [-0.3, -0.25) is 9.59 Å². The molecule has 1 aromatic heterocycles. The molecule has 2 atom stereocenters. The summed E-state index contributed by atoms with van der Waals surface area (Å²) in [7, 11) is -3.31. The van der Waals surface area contributed by atoms with Crippen LogP contribution >= 0.6 is 0 Å². The molecule has 0 spiro atoms. The highest BCUT2D eigenvalue weighted by molar-refractivity contribution is 7.91. The Morgan fingerprint density at radius 2 is 1.69 bits per heavy atom. The molecule has 0 aromatic carbocycles. The van der Waals surface area contributed by atoms with Crippen LogP contribution in [0.15, 0.2) is 10.6 Å². The molecule has 0 unspecified atom stereocenters. The van der Waals surface area contributed by atoms with E-state index in [-0.39, 0.29) is 47.5 Å². The van der Waals surface area contributed by atoms with Crippen LogP contribution in [0, 0.1) is 5.92 Å². The van der Waals surface area contributed by atoms with E-state index in [1.807, 2.05) is 13.8 Å². The van der Waals surface area contributed by atoms with Crippen LogP contribution in [0.4, 0.5) is 0 Å².